The Morgan fingerprint density at radius 3 is 2.18 bits per heavy atom. The highest BCUT2D eigenvalue weighted by atomic mass is 16.5. The van der Waals surface area contributed by atoms with E-state index in [2.05, 4.69) is 29.6 Å². The first-order valence-corrected chi connectivity index (χ1v) is 13.0. The Bertz CT molecular complexity index is 1350. The number of nitrogens with one attached hydrogen (secondary N) is 1. The summed E-state index contributed by atoms with van der Waals surface area (Å²) < 4.78 is 5.89. The van der Waals surface area contributed by atoms with Crippen LogP contribution in [-0.2, 0) is 17.6 Å². The van der Waals surface area contributed by atoms with Gasteiger partial charge in [-0.2, -0.15) is 0 Å². The minimum Gasteiger partial charge on any atom is -0.494 e. The van der Waals surface area contributed by atoms with E-state index >= 15 is 0 Å². The quantitative estimate of drug-likeness (QED) is 0.200. The average Bonchev–Trinajstić information content (AvgIpc) is 2.94. The maximum absolute atomic E-state index is 13.1. The first-order chi connectivity index (χ1) is 18.5. The van der Waals surface area contributed by atoms with Crippen LogP contribution in [0.4, 0.5) is 5.69 Å². The van der Waals surface area contributed by atoms with Crippen molar-refractivity contribution in [2.75, 3.05) is 11.9 Å². The summed E-state index contributed by atoms with van der Waals surface area (Å²) in [6, 6.07) is 32.6. The molecule has 38 heavy (non-hydrogen) atoms. The number of para-hydroxylation sites is 1. The fourth-order valence-corrected chi connectivity index (χ4v) is 4.40. The average molecular weight is 508 g/mol. The van der Waals surface area contributed by atoms with Crippen LogP contribution in [0.15, 0.2) is 103 Å². The number of benzene rings is 4. The van der Waals surface area contributed by atoms with Crippen LogP contribution in [0.5, 0.6) is 5.75 Å². The highest BCUT2D eigenvalue weighted by Crippen LogP contribution is 2.25. The lowest BCUT2D eigenvalue weighted by Crippen LogP contribution is -2.20. The van der Waals surface area contributed by atoms with Crippen LogP contribution in [0.25, 0.3) is 0 Å². The summed E-state index contributed by atoms with van der Waals surface area (Å²) in [7, 11) is 0. The molecule has 4 aromatic carbocycles. The fraction of sp³-hybridized carbons (Fsp3) is 0.212. The van der Waals surface area contributed by atoms with Crippen molar-refractivity contribution in [1.29, 1.82) is 0 Å². The second-order valence-corrected chi connectivity index (χ2v) is 9.37. The van der Waals surface area contributed by atoms with Gasteiger partial charge in [-0.1, -0.05) is 78.9 Å². The molecule has 1 amide bonds. The van der Waals surface area contributed by atoms with Crippen LogP contribution in [0.1, 0.15) is 58.3 Å². The standard InChI is InChI=1S/C33H33NO4/c1-24(26-18-20-29(21-19-26)38-22-10-9-13-25-11-3-2-4-12-25)32(35)34-31-17-8-6-15-28(31)23-27-14-5-7-16-30(27)33(36)37/h2-8,11-12,14-21,24H,9-10,13,22-23H2,1H3,(H,34,35)(H,36,37). The van der Waals surface area contributed by atoms with Crippen molar-refractivity contribution in [3.05, 3.63) is 131 Å². The van der Waals surface area contributed by atoms with Gasteiger partial charge in [-0.15, -0.1) is 0 Å². The predicted molar refractivity (Wildman–Crippen MR) is 151 cm³/mol. The maximum Gasteiger partial charge on any atom is 0.335 e. The highest BCUT2D eigenvalue weighted by Gasteiger charge is 2.18. The molecular weight excluding hydrogens is 474 g/mol. The molecule has 0 saturated carbocycles. The summed E-state index contributed by atoms with van der Waals surface area (Å²) in [5.41, 5.74) is 4.74. The van der Waals surface area contributed by atoms with Gasteiger partial charge in [-0.25, -0.2) is 4.79 Å². The fourth-order valence-electron chi connectivity index (χ4n) is 4.40. The number of hydrogen-bond acceptors (Lipinski definition) is 3. The number of unbranched alkanes of at least 4 members (excludes halogenated alkanes) is 1. The van der Waals surface area contributed by atoms with Gasteiger partial charge in [0.1, 0.15) is 5.75 Å². The maximum atomic E-state index is 13.1. The molecule has 0 aliphatic heterocycles. The van der Waals surface area contributed by atoms with Gasteiger partial charge >= 0.3 is 5.97 Å². The van der Waals surface area contributed by atoms with E-state index < -0.39 is 5.97 Å². The van der Waals surface area contributed by atoms with Crippen molar-refractivity contribution >= 4 is 17.6 Å². The monoisotopic (exact) mass is 507 g/mol. The zero-order valence-corrected chi connectivity index (χ0v) is 21.6. The Morgan fingerprint density at radius 1 is 0.789 bits per heavy atom. The van der Waals surface area contributed by atoms with E-state index in [1.165, 1.54) is 5.56 Å². The first-order valence-electron chi connectivity index (χ1n) is 13.0. The molecule has 4 aromatic rings. The van der Waals surface area contributed by atoms with Gasteiger partial charge in [-0.3, -0.25) is 4.79 Å². The number of carbonyl (C=O) groups is 2. The number of amides is 1. The molecule has 0 bridgehead atoms. The third kappa shape index (κ3) is 7.32. The Kier molecular flexibility index (Phi) is 9.30. The van der Waals surface area contributed by atoms with Gasteiger partial charge in [-0.05, 0) is 72.7 Å². The summed E-state index contributed by atoms with van der Waals surface area (Å²) in [6.45, 7) is 2.53. The van der Waals surface area contributed by atoms with Gasteiger partial charge < -0.3 is 15.2 Å². The van der Waals surface area contributed by atoms with Gasteiger partial charge in [0.15, 0.2) is 0 Å². The number of carbonyl (C=O) groups excluding carboxylic acids is 1. The number of carboxylic acid groups (broad SMARTS) is 1. The van der Waals surface area contributed by atoms with E-state index in [-0.39, 0.29) is 17.4 Å². The van der Waals surface area contributed by atoms with E-state index in [9.17, 15) is 14.7 Å². The van der Waals surface area contributed by atoms with Crippen molar-refractivity contribution < 1.29 is 19.4 Å². The molecule has 1 unspecified atom stereocenters. The number of rotatable bonds is 12. The topological polar surface area (TPSA) is 75.6 Å². The van der Waals surface area contributed by atoms with Crippen molar-refractivity contribution in [1.82, 2.24) is 0 Å². The molecule has 0 fully saturated rings. The first kappa shape index (κ1) is 26.7. The largest absolute Gasteiger partial charge is 0.494 e. The second-order valence-electron chi connectivity index (χ2n) is 9.37. The molecule has 0 heterocycles. The molecule has 5 nitrogen and oxygen atoms in total. The molecule has 2 N–H and O–H groups in total. The summed E-state index contributed by atoms with van der Waals surface area (Å²) in [4.78, 5) is 24.7. The van der Waals surface area contributed by atoms with E-state index in [4.69, 9.17) is 4.74 Å². The van der Waals surface area contributed by atoms with E-state index in [1.807, 2.05) is 67.6 Å². The second kappa shape index (κ2) is 13.2. The molecule has 0 radical (unpaired) electrons. The molecule has 0 spiro atoms. The lowest BCUT2D eigenvalue weighted by atomic mass is 9.97. The molecule has 0 aliphatic rings. The number of carboxylic acids is 1. The highest BCUT2D eigenvalue weighted by molar-refractivity contribution is 5.96. The number of hydrogen-bond donors (Lipinski definition) is 2. The molecular formula is C33H33NO4. The predicted octanol–water partition coefficient (Wildman–Crippen LogP) is 7.12. The zero-order valence-electron chi connectivity index (χ0n) is 21.6. The lowest BCUT2D eigenvalue weighted by Gasteiger charge is -2.16. The summed E-state index contributed by atoms with van der Waals surface area (Å²) in [5.74, 6) is -0.660. The van der Waals surface area contributed by atoms with Crippen LogP contribution in [0.3, 0.4) is 0 Å². The lowest BCUT2D eigenvalue weighted by molar-refractivity contribution is -0.117. The van der Waals surface area contributed by atoms with Gasteiger partial charge in [0.05, 0.1) is 18.1 Å². The molecule has 194 valence electrons. The smallest absolute Gasteiger partial charge is 0.335 e. The summed E-state index contributed by atoms with van der Waals surface area (Å²) in [5, 5.41) is 12.5. The van der Waals surface area contributed by atoms with E-state index in [1.54, 1.807) is 18.2 Å². The third-order valence-electron chi connectivity index (χ3n) is 6.65. The van der Waals surface area contributed by atoms with Crippen LogP contribution in [-0.4, -0.2) is 23.6 Å². The number of ether oxygens (including phenoxy) is 1. The third-order valence-corrected chi connectivity index (χ3v) is 6.65. The van der Waals surface area contributed by atoms with Crippen LogP contribution in [0.2, 0.25) is 0 Å². The van der Waals surface area contributed by atoms with E-state index in [0.717, 1.165) is 36.1 Å². The van der Waals surface area contributed by atoms with Gasteiger partial charge in [0, 0.05) is 12.1 Å². The molecule has 0 aromatic heterocycles. The minimum atomic E-state index is -0.963. The van der Waals surface area contributed by atoms with Crippen molar-refractivity contribution in [3.8, 4) is 5.75 Å². The molecule has 0 aliphatic carbocycles. The van der Waals surface area contributed by atoms with Crippen molar-refractivity contribution in [3.63, 3.8) is 0 Å². The van der Waals surface area contributed by atoms with Crippen LogP contribution < -0.4 is 10.1 Å². The van der Waals surface area contributed by atoms with Crippen LogP contribution in [0, 0.1) is 0 Å². The molecule has 5 heteroatoms. The molecule has 0 saturated heterocycles. The van der Waals surface area contributed by atoms with Gasteiger partial charge in [0.2, 0.25) is 5.91 Å². The Morgan fingerprint density at radius 2 is 1.45 bits per heavy atom. The molecule has 1 atom stereocenters. The Labute approximate surface area is 224 Å². The summed E-state index contributed by atoms with van der Waals surface area (Å²) >= 11 is 0. The number of aromatic carboxylic acids is 1. The van der Waals surface area contributed by atoms with Crippen LogP contribution >= 0.6 is 0 Å². The number of aryl methyl sites for hydroxylation is 1. The summed E-state index contributed by atoms with van der Waals surface area (Å²) in [6.07, 6.45) is 3.50. The SMILES string of the molecule is CC(C(=O)Nc1ccccc1Cc1ccccc1C(=O)O)c1ccc(OCCCCc2ccccc2)cc1. The van der Waals surface area contributed by atoms with Crippen molar-refractivity contribution in [2.45, 2.75) is 38.5 Å². The zero-order chi connectivity index (χ0) is 26.7. The number of anilines is 1. The molecule has 4 rings (SSSR count). The minimum absolute atomic E-state index is 0.126. The van der Waals surface area contributed by atoms with E-state index in [0.29, 0.717) is 24.3 Å². The Hall–Kier alpha value is -4.38. The normalized spacial score (nSPS) is 11.5. The Balaban J connectivity index is 1.31. The van der Waals surface area contributed by atoms with Crippen molar-refractivity contribution in [2.24, 2.45) is 0 Å². The van der Waals surface area contributed by atoms with Gasteiger partial charge in [0.25, 0.3) is 0 Å².